The number of hydrogen-bond acceptors (Lipinski definition) is 7. The van der Waals surface area contributed by atoms with Crippen LogP contribution >= 0.6 is 11.6 Å². The zero-order valence-corrected chi connectivity index (χ0v) is 17.9. The molecule has 164 valence electrons. The molecule has 0 aliphatic heterocycles. The fourth-order valence-electron chi connectivity index (χ4n) is 3.23. The summed E-state index contributed by atoms with van der Waals surface area (Å²) in [5.74, 6) is 0.135. The molecule has 3 aromatic heterocycles. The molecule has 1 amide bonds. The number of rotatable bonds is 7. The largest absolute Gasteiger partial charge is 0.470 e. The monoisotopic (exact) mass is 460 g/mol. The van der Waals surface area contributed by atoms with E-state index in [9.17, 15) is 4.79 Å². The van der Waals surface area contributed by atoms with Gasteiger partial charge < -0.3 is 10.1 Å². The lowest BCUT2D eigenvalue weighted by Gasteiger charge is -2.05. The number of nitrogens with zero attached hydrogens (tertiary/aromatic N) is 7. The van der Waals surface area contributed by atoms with Gasteiger partial charge in [0.15, 0.2) is 5.65 Å². The number of benzene rings is 2. The Morgan fingerprint density at radius 1 is 1.09 bits per heavy atom. The summed E-state index contributed by atoms with van der Waals surface area (Å²) in [4.78, 5) is 20.8. The van der Waals surface area contributed by atoms with E-state index >= 15 is 0 Å². The van der Waals surface area contributed by atoms with E-state index in [0.29, 0.717) is 33.3 Å². The zero-order valence-electron chi connectivity index (χ0n) is 17.2. The Balaban J connectivity index is 1.24. The highest BCUT2D eigenvalue weighted by Gasteiger charge is 2.13. The van der Waals surface area contributed by atoms with E-state index < -0.39 is 0 Å². The predicted octanol–water partition coefficient (Wildman–Crippen LogP) is 3.28. The number of anilines is 1. The number of fused-ring (bicyclic) bond motifs is 1. The van der Waals surface area contributed by atoms with Crippen molar-refractivity contribution in [3.63, 3.8) is 0 Å². The Labute approximate surface area is 192 Å². The quantitative estimate of drug-likeness (QED) is 0.396. The number of aromatic nitrogens is 7. The Morgan fingerprint density at radius 2 is 1.97 bits per heavy atom. The number of nitrogens with one attached hydrogen (secondary N) is 1. The minimum Gasteiger partial charge on any atom is -0.470 e. The van der Waals surface area contributed by atoms with Gasteiger partial charge in [-0.15, -0.1) is 5.10 Å². The van der Waals surface area contributed by atoms with Crippen molar-refractivity contribution in [1.82, 2.24) is 34.7 Å². The van der Waals surface area contributed by atoms with Crippen molar-refractivity contribution < 1.29 is 9.53 Å². The van der Waals surface area contributed by atoms with E-state index in [4.69, 9.17) is 16.3 Å². The van der Waals surface area contributed by atoms with Crippen LogP contribution in [0.2, 0.25) is 5.02 Å². The zero-order chi connectivity index (χ0) is 22.6. The number of halogens is 1. The summed E-state index contributed by atoms with van der Waals surface area (Å²) in [7, 11) is 0. The molecule has 3 heterocycles. The molecule has 1 N–H and O–H groups in total. The van der Waals surface area contributed by atoms with Crippen LogP contribution in [0.15, 0.2) is 73.3 Å². The molecule has 0 aliphatic rings. The third kappa shape index (κ3) is 4.65. The van der Waals surface area contributed by atoms with E-state index in [1.807, 2.05) is 30.3 Å². The molecular weight excluding hydrogens is 444 g/mol. The maximum Gasteiger partial charge on any atom is 0.246 e. The summed E-state index contributed by atoms with van der Waals surface area (Å²) in [6.07, 6.45) is 4.73. The summed E-state index contributed by atoms with van der Waals surface area (Å²) in [5, 5.41) is 16.4. The molecule has 0 fully saturated rings. The second kappa shape index (κ2) is 9.05. The molecule has 0 radical (unpaired) electrons. The van der Waals surface area contributed by atoms with Crippen LogP contribution in [0.3, 0.4) is 0 Å². The van der Waals surface area contributed by atoms with Gasteiger partial charge in [-0.3, -0.25) is 4.79 Å². The first-order valence-corrected chi connectivity index (χ1v) is 10.3. The van der Waals surface area contributed by atoms with E-state index in [2.05, 4.69) is 30.7 Å². The van der Waals surface area contributed by atoms with Crippen molar-refractivity contribution in [2.45, 2.75) is 13.2 Å². The smallest absolute Gasteiger partial charge is 0.246 e. The van der Waals surface area contributed by atoms with Gasteiger partial charge in [0.1, 0.15) is 30.6 Å². The molecule has 0 spiro atoms. The lowest BCUT2D eigenvalue weighted by Crippen LogP contribution is -2.19. The van der Waals surface area contributed by atoms with Gasteiger partial charge in [-0.2, -0.15) is 5.10 Å². The lowest BCUT2D eigenvalue weighted by atomic mass is 10.3. The second-order valence-electron chi connectivity index (χ2n) is 7.06. The van der Waals surface area contributed by atoms with Crippen molar-refractivity contribution in [3.8, 4) is 11.6 Å². The molecule has 5 rings (SSSR count). The van der Waals surface area contributed by atoms with Gasteiger partial charge in [0, 0.05) is 10.7 Å². The third-order valence-electron chi connectivity index (χ3n) is 4.69. The van der Waals surface area contributed by atoms with E-state index in [0.717, 1.165) is 5.69 Å². The fraction of sp³-hybridized carbons (Fsp3) is 0.0909. The molecule has 10 nitrogen and oxygen atoms in total. The molecule has 0 atom stereocenters. The van der Waals surface area contributed by atoms with E-state index in [1.165, 1.54) is 11.0 Å². The summed E-state index contributed by atoms with van der Waals surface area (Å²) in [6, 6.07) is 16.6. The van der Waals surface area contributed by atoms with E-state index in [-0.39, 0.29) is 19.1 Å². The number of amides is 1. The molecule has 0 aliphatic carbocycles. The molecule has 0 unspecified atom stereocenters. The Bertz CT molecular complexity index is 1420. The Kier molecular flexibility index (Phi) is 5.64. The summed E-state index contributed by atoms with van der Waals surface area (Å²) < 4.78 is 9.00. The highest BCUT2D eigenvalue weighted by Crippen LogP contribution is 2.23. The average molecular weight is 461 g/mol. The second-order valence-corrected chi connectivity index (χ2v) is 7.50. The number of carbonyl (C=O) groups is 1. The Hall–Kier alpha value is -4.31. The lowest BCUT2D eigenvalue weighted by molar-refractivity contribution is -0.116. The highest BCUT2D eigenvalue weighted by atomic mass is 35.5. The van der Waals surface area contributed by atoms with Crippen LogP contribution < -0.4 is 10.1 Å². The van der Waals surface area contributed by atoms with Crippen LogP contribution in [0, 0.1) is 0 Å². The first-order valence-electron chi connectivity index (χ1n) is 9.97. The molecule has 0 bridgehead atoms. The minimum absolute atomic E-state index is 0.00110. The number of ether oxygens (including phenoxy) is 1. The van der Waals surface area contributed by atoms with Gasteiger partial charge in [0.05, 0.1) is 18.1 Å². The van der Waals surface area contributed by atoms with Crippen LogP contribution in [0.25, 0.3) is 16.7 Å². The molecule has 0 saturated carbocycles. The van der Waals surface area contributed by atoms with Gasteiger partial charge >= 0.3 is 0 Å². The minimum atomic E-state index is -0.250. The van der Waals surface area contributed by atoms with Crippen molar-refractivity contribution in [3.05, 3.63) is 84.0 Å². The van der Waals surface area contributed by atoms with Gasteiger partial charge in [0.2, 0.25) is 11.8 Å². The maximum atomic E-state index is 12.2. The van der Waals surface area contributed by atoms with Crippen LogP contribution in [0.4, 0.5) is 5.69 Å². The number of para-hydroxylation sites is 1. The van der Waals surface area contributed by atoms with Gasteiger partial charge in [-0.25, -0.2) is 19.3 Å². The van der Waals surface area contributed by atoms with Crippen molar-refractivity contribution >= 4 is 34.2 Å². The Morgan fingerprint density at radius 3 is 2.82 bits per heavy atom. The van der Waals surface area contributed by atoms with Crippen molar-refractivity contribution in [2.24, 2.45) is 0 Å². The first kappa shape index (κ1) is 20.6. The summed E-state index contributed by atoms with van der Waals surface area (Å²) in [5.41, 5.74) is 2.68. The molecule has 5 aromatic rings. The summed E-state index contributed by atoms with van der Waals surface area (Å²) in [6.45, 7) is 0.125. The van der Waals surface area contributed by atoms with Crippen molar-refractivity contribution in [1.29, 1.82) is 0 Å². The molecular formula is C22H17ClN8O2. The van der Waals surface area contributed by atoms with Crippen molar-refractivity contribution in [2.75, 3.05) is 5.32 Å². The van der Waals surface area contributed by atoms with Crippen LogP contribution in [0.1, 0.15) is 5.69 Å². The first-order chi connectivity index (χ1) is 16.2. The highest BCUT2D eigenvalue weighted by molar-refractivity contribution is 6.30. The standard InChI is InChI=1S/C22H17ClN8O2/c23-15-5-4-6-16(9-15)27-20(32)12-30-11-17(28-29-30)13-33-22-19-10-26-31(21(19)24-14-25-22)18-7-2-1-3-8-18/h1-11,14H,12-13H2,(H,27,32). The average Bonchev–Trinajstić information content (AvgIpc) is 3.45. The van der Waals surface area contributed by atoms with Crippen LogP contribution in [-0.2, 0) is 17.9 Å². The SMILES string of the molecule is O=C(Cn1cc(COc2ncnc3c2cnn3-c2ccccc2)nn1)Nc1cccc(Cl)c1. The van der Waals surface area contributed by atoms with Crippen LogP contribution in [0.5, 0.6) is 5.88 Å². The maximum absolute atomic E-state index is 12.2. The van der Waals surface area contributed by atoms with Gasteiger partial charge in [0.25, 0.3) is 0 Å². The topological polar surface area (TPSA) is 113 Å². The predicted molar refractivity (Wildman–Crippen MR) is 121 cm³/mol. The van der Waals surface area contributed by atoms with Crippen LogP contribution in [-0.4, -0.2) is 40.6 Å². The van der Waals surface area contributed by atoms with E-state index in [1.54, 1.807) is 41.3 Å². The molecule has 2 aromatic carbocycles. The van der Waals surface area contributed by atoms with Gasteiger partial charge in [-0.1, -0.05) is 41.1 Å². The van der Waals surface area contributed by atoms with Gasteiger partial charge in [-0.05, 0) is 30.3 Å². The number of carbonyl (C=O) groups excluding carboxylic acids is 1. The fourth-order valence-corrected chi connectivity index (χ4v) is 3.42. The molecule has 11 heteroatoms. The summed E-state index contributed by atoms with van der Waals surface area (Å²) >= 11 is 5.94. The number of hydrogen-bond donors (Lipinski definition) is 1. The molecule has 0 saturated heterocycles. The molecule has 33 heavy (non-hydrogen) atoms. The normalized spacial score (nSPS) is 10.9. The third-order valence-corrected chi connectivity index (χ3v) is 4.92.